The van der Waals surface area contributed by atoms with Gasteiger partial charge in [0.05, 0.1) is 5.56 Å². The molecule has 1 atom stereocenters. The highest BCUT2D eigenvalue weighted by molar-refractivity contribution is 5.98. The normalized spacial score (nSPS) is 12.0. The van der Waals surface area contributed by atoms with Crippen LogP contribution < -0.4 is 5.32 Å². The fourth-order valence-electron chi connectivity index (χ4n) is 2.24. The molecule has 4 nitrogen and oxygen atoms in total. The molecule has 0 fully saturated rings. The molecule has 0 saturated heterocycles. The Morgan fingerprint density at radius 2 is 1.86 bits per heavy atom. The Hall–Kier alpha value is -2.43. The fraction of sp³-hybridized carbons (Fsp3) is 0.294. The first-order valence-electron chi connectivity index (χ1n) is 7.03. The van der Waals surface area contributed by atoms with Crippen molar-refractivity contribution in [2.45, 2.75) is 33.2 Å². The lowest BCUT2D eigenvalue weighted by atomic mass is 10.0. The number of carbonyl (C=O) groups excluding carboxylic acids is 2. The molecule has 1 heterocycles. The largest absolute Gasteiger partial charge is 0.466 e. The first-order valence-corrected chi connectivity index (χ1v) is 7.03. The molecule has 22 heavy (non-hydrogen) atoms. The monoisotopic (exact) mass is 303 g/mol. The maximum atomic E-state index is 12.8. The van der Waals surface area contributed by atoms with Crippen molar-refractivity contribution in [1.82, 2.24) is 5.32 Å². The second-order valence-electron chi connectivity index (χ2n) is 5.34. The van der Waals surface area contributed by atoms with Crippen LogP contribution in [0.5, 0.6) is 0 Å². The van der Waals surface area contributed by atoms with Crippen LogP contribution in [0.4, 0.5) is 4.39 Å². The number of carbonyl (C=O) groups is 2. The second-order valence-corrected chi connectivity index (χ2v) is 5.34. The van der Waals surface area contributed by atoms with Crippen molar-refractivity contribution in [3.63, 3.8) is 0 Å². The lowest BCUT2D eigenvalue weighted by molar-refractivity contribution is 0.0917. The highest BCUT2D eigenvalue weighted by Gasteiger charge is 2.18. The van der Waals surface area contributed by atoms with Gasteiger partial charge >= 0.3 is 0 Å². The number of Topliss-reactive ketones (excluding diaryl/α,β-unsaturated/α-hetero) is 1. The Balaban J connectivity index is 1.96. The summed E-state index contributed by atoms with van der Waals surface area (Å²) in [6.07, 6.45) is 0.146. The predicted molar refractivity (Wildman–Crippen MR) is 80.5 cm³/mol. The Labute approximate surface area is 128 Å². The van der Waals surface area contributed by atoms with Gasteiger partial charge in [-0.15, -0.1) is 0 Å². The number of aryl methyl sites for hydroxylation is 2. The number of furan rings is 1. The second kappa shape index (κ2) is 6.56. The molecule has 2 aromatic rings. The van der Waals surface area contributed by atoms with Crippen molar-refractivity contribution in [3.05, 3.63) is 58.8 Å². The molecule has 1 N–H and O–H groups in total. The number of rotatable bonds is 5. The molecule has 1 amide bonds. The number of amides is 1. The lowest BCUT2D eigenvalue weighted by Crippen LogP contribution is -2.34. The van der Waals surface area contributed by atoms with Crippen LogP contribution in [0.25, 0.3) is 0 Å². The molecule has 0 aliphatic carbocycles. The van der Waals surface area contributed by atoms with Crippen LogP contribution in [0, 0.1) is 19.7 Å². The number of hydrogen-bond donors (Lipinski definition) is 1. The molecule has 1 aromatic heterocycles. The Bertz CT molecular complexity index is 688. The van der Waals surface area contributed by atoms with E-state index in [0.29, 0.717) is 22.6 Å². The van der Waals surface area contributed by atoms with Crippen molar-refractivity contribution in [2.24, 2.45) is 0 Å². The van der Waals surface area contributed by atoms with E-state index in [1.807, 2.05) is 0 Å². The van der Waals surface area contributed by atoms with Crippen LogP contribution in [0.2, 0.25) is 0 Å². The molecule has 2 rings (SSSR count). The molecule has 1 unspecified atom stereocenters. The predicted octanol–water partition coefficient (Wildman–Crippen LogP) is 3.43. The van der Waals surface area contributed by atoms with Gasteiger partial charge in [-0.1, -0.05) is 0 Å². The van der Waals surface area contributed by atoms with Gasteiger partial charge in [0.15, 0.2) is 5.78 Å². The number of nitrogens with one attached hydrogen (secondary N) is 1. The van der Waals surface area contributed by atoms with E-state index in [4.69, 9.17) is 4.42 Å². The van der Waals surface area contributed by atoms with Crippen molar-refractivity contribution >= 4 is 11.7 Å². The standard InChI is InChI=1S/C17H18FNO3/c1-10(8-16(20)13-4-6-14(18)7-5-13)19-17(21)15-9-11(2)22-12(15)3/h4-7,9-10H,8H2,1-3H3,(H,19,21). The summed E-state index contributed by atoms with van der Waals surface area (Å²) in [6.45, 7) is 5.24. The number of hydrogen-bond acceptors (Lipinski definition) is 3. The van der Waals surface area contributed by atoms with Crippen LogP contribution in [0.3, 0.4) is 0 Å². The average Bonchev–Trinajstić information content (AvgIpc) is 2.78. The minimum absolute atomic E-state index is 0.145. The Morgan fingerprint density at radius 1 is 1.23 bits per heavy atom. The van der Waals surface area contributed by atoms with Gasteiger partial charge in [-0.2, -0.15) is 0 Å². The first-order chi connectivity index (χ1) is 10.4. The number of ketones is 1. The van der Waals surface area contributed by atoms with Crippen LogP contribution in [-0.2, 0) is 0 Å². The summed E-state index contributed by atoms with van der Waals surface area (Å²) < 4.78 is 18.2. The quantitative estimate of drug-likeness (QED) is 0.861. The fourth-order valence-corrected chi connectivity index (χ4v) is 2.24. The zero-order chi connectivity index (χ0) is 16.3. The van der Waals surface area contributed by atoms with E-state index in [1.54, 1.807) is 26.8 Å². The summed E-state index contributed by atoms with van der Waals surface area (Å²) in [7, 11) is 0. The van der Waals surface area contributed by atoms with Gasteiger partial charge < -0.3 is 9.73 Å². The Kier molecular flexibility index (Phi) is 4.75. The van der Waals surface area contributed by atoms with Crippen molar-refractivity contribution in [2.75, 3.05) is 0 Å². The topological polar surface area (TPSA) is 59.3 Å². The van der Waals surface area contributed by atoms with E-state index in [-0.39, 0.29) is 30.0 Å². The summed E-state index contributed by atoms with van der Waals surface area (Å²) >= 11 is 0. The third-order valence-corrected chi connectivity index (χ3v) is 3.32. The smallest absolute Gasteiger partial charge is 0.255 e. The maximum absolute atomic E-state index is 12.8. The molecule has 5 heteroatoms. The molecule has 0 radical (unpaired) electrons. The molecular formula is C17H18FNO3. The molecule has 116 valence electrons. The van der Waals surface area contributed by atoms with Gasteiger partial charge in [0.25, 0.3) is 5.91 Å². The minimum atomic E-state index is -0.385. The summed E-state index contributed by atoms with van der Waals surface area (Å²) in [5.41, 5.74) is 0.899. The van der Waals surface area contributed by atoms with Crippen LogP contribution in [0.15, 0.2) is 34.7 Å². The van der Waals surface area contributed by atoms with Crippen molar-refractivity contribution in [3.8, 4) is 0 Å². The number of halogens is 1. The molecule has 0 aliphatic rings. The summed E-state index contributed by atoms with van der Waals surface area (Å²) in [5.74, 6) is 0.412. The van der Waals surface area contributed by atoms with Crippen LogP contribution in [-0.4, -0.2) is 17.7 Å². The summed E-state index contributed by atoms with van der Waals surface area (Å²) in [6, 6.07) is 6.70. The van der Waals surface area contributed by atoms with E-state index >= 15 is 0 Å². The molecule has 0 spiro atoms. The zero-order valence-electron chi connectivity index (χ0n) is 12.8. The van der Waals surface area contributed by atoms with Gasteiger partial charge in [-0.25, -0.2) is 4.39 Å². The van der Waals surface area contributed by atoms with Crippen molar-refractivity contribution < 1.29 is 18.4 Å². The first kappa shape index (κ1) is 15.9. The van der Waals surface area contributed by atoms with E-state index < -0.39 is 0 Å². The van der Waals surface area contributed by atoms with E-state index in [2.05, 4.69) is 5.32 Å². The zero-order valence-corrected chi connectivity index (χ0v) is 12.8. The summed E-state index contributed by atoms with van der Waals surface area (Å²) in [5, 5.41) is 2.77. The SMILES string of the molecule is Cc1cc(C(=O)NC(C)CC(=O)c2ccc(F)cc2)c(C)o1. The van der Waals surface area contributed by atoms with Gasteiger partial charge in [0.2, 0.25) is 0 Å². The van der Waals surface area contributed by atoms with Crippen LogP contribution >= 0.6 is 0 Å². The lowest BCUT2D eigenvalue weighted by Gasteiger charge is -2.13. The molecule has 1 aromatic carbocycles. The van der Waals surface area contributed by atoms with E-state index in [9.17, 15) is 14.0 Å². The van der Waals surface area contributed by atoms with Crippen molar-refractivity contribution in [1.29, 1.82) is 0 Å². The third-order valence-electron chi connectivity index (χ3n) is 3.32. The van der Waals surface area contributed by atoms with E-state index in [0.717, 1.165) is 0 Å². The minimum Gasteiger partial charge on any atom is -0.466 e. The molecule has 0 saturated carbocycles. The maximum Gasteiger partial charge on any atom is 0.255 e. The van der Waals surface area contributed by atoms with Crippen LogP contribution in [0.1, 0.15) is 45.6 Å². The van der Waals surface area contributed by atoms with Gasteiger partial charge in [0, 0.05) is 18.0 Å². The Morgan fingerprint density at radius 3 is 2.41 bits per heavy atom. The van der Waals surface area contributed by atoms with Gasteiger partial charge in [-0.3, -0.25) is 9.59 Å². The third kappa shape index (κ3) is 3.81. The molecule has 0 bridgehead atoms. The highest BCUT2D eigenvalue weighted by Crippen LogP contribution is 2.14. The molecule has 0 aliphatic heterocycles. The summed E-state index contributed by atoms with van der Waals surface area (Å²) in [4.78, 5) is 24.2. The average molecular weight is 303 g/mol. The highest BCUT2D eigenvalue weighted by atomic mass is 19.1. The van der Waals surface area contributed by atoms with Gasteiger partial charge in [-0.05, 0) is 51.1 Å². The van der Waals surface area contributed by atoms with E-state index in [1.165, 1.54) is 24.3 Å². The van der Waals surface area contributed by atoms with Gasteiger partial charge in [0.1, 0.15) is 17.3 Å². The number of benzene rings is 1. The molecular weight excluding hydrogens is 285 g/mol.